The van der Waals surface area contributed by atoms with Crippen LogP contribution in [0, 0.1) is 5.92 Å². The second kappa shape index (κ2) is 6.43. The van der Waals surface area contributed by atoms with Gasteiger partial charge >= 0.3 is 17.9 Å². The van der Waals surface area contributed by atoms with E-state index in [4.69, 9.17) is 24.5 Å². The van der Waals surface area contributed by atoms with Crippen molar-refractivity contribution in [1.82, 2.24) is 5.32 Å². The van der Waals surface area contributed by atoms with Crippen molar-refractivity contribution in [3.05, 3.63) is 0 Å². The Kier molecular flexibility index (Phi) is 5.33. The molecule has 0 radical (unpaired) electrons. The first-order valence-electron chi connectivity index (χ1n) is 6.99. The summed E-state index contributed by atoms with van der Waals surface area (Å²) in [4.78, 5) is 29.9. The van der Waals surface area contributed by atoms with E-state index in [1.807, 2.05) is 20.8 Å². The van der Waals surface area contributed by atoms with Gasteiger partial charge in [-0.2, -0.15) is 0 Å². The van der Waals surface area contributed by atoms with Crippen LogP contribution in [-0.2, 0) is 19.1 Å². The number of hydrogen-bond donors (Lipinski definition) is 3. The molecule has 1 spiro atoms. The Labute approximate surface area is 123 Å². The van der Waals surface area contributed by atoms with Crippen molar-refractivity contribution in [3.63, 3.8) is 0 Å². The van der Waals surface area contributed by atoms with Crippen LogP contribution >= 0.6 is 0 Å². The number of hydrogen-bond acceptors (Lipinski definition) is 5. The molecule has 1 aliphatic carbocycles. The fourth-order valence-corrected chi connectivity index (χ4v) is 2.65. The van der Waals surface area contributed by atoms with E-state index in [0.29, 0.717) is 5.54 Å². The van der Waals surface area contributed by atoms with Gasteiger partial charge in [-0.25, -0.2) is 9.59 Å². The molecule has 0 amide bonds. The molecule has 0 aromatic rings. The smallest absolute Gasteiger partial charge is 0.414 e. The van der Waals surface area contributed by atoms with Crippen LogP contribution < -0.4 is 5.32 Å². The highest BCUT2D eigenvalue weighted by Crippen LogP contribution is 2.44. The zero-order valence-electron chi connectivity index (χ0n) is 12.6. The Morgan fingerprint density at radius 2 is 1.67 bits per heavy atom. The molecule has 0 aromatic heterocycles. The standard InChI is InChI=1S/C12H21NO2.C2H2O4/c1-11(2,3)15-10(14)9-7-12(8-9)5-4-6-13-12;3-1(4)2(5)6/h9,13H,4-8H2,1-3H3;(H,3,4)(H,5,6). The van der Waals surface area contributed by atoms with Crippen molar-refractivity contribution in [3.8, 4) is 0 Å². The van der Waals surface area contributed by atoms with Crippen LogP contribution in [0.5, 0.6) is 0 Å². The summed E-state index contributed by atoms with van der Waals surface area (Å²) in [5.74, 6) is -3.53. The van der Waals surface area contributed by atoms with Gasteiger partial charge in [-0.1, -0.05) is 0 Å². The van der Waals surface area contributed by atoms with Gasteiger partial charge in [0.25, 0.3) is 0 Å². The monoisotopic (exact) mass is 301 g/mol. The molecule has 7 heteroatoms. The maximum atomic E-state index is 11.7. The molecule has 1 heterocycles. The predicted octanol–water partition coefficient (Wildman–Crippen LogP) is 1.02. The molecule has 0 atom stereocenters. The number of carboxylic acids is 2. The summed E-state index contributed by atoms with van der Waals surface area (Å²) in [6.07, 6.45) is 4.43. The molecule has 7 nitrogen and oxygen atoms in total. The van der Waals surface area contributed by atoms with Crippen molar-refractivity contribution in [2.75, 3.05) is 6.54 Å². The summed E-state index contributed by atoms with van der Waals surface area (Å²) in [6, 6.07) is 0. The lowest BCUT2D eigenvalue weighted by Gasteiger charge is -2.44. The molecule has 21 heavy (non-hydrogen) atoms. The van der Waals surface area contributed by atoms with E-state index in [0.717, 1.165) is 19.4 Å². The molecule has 0 bridgehead atoms. The Bertz CT molecular complexity index is 400. The van der Waals surface area contributed by atoms with Gasteiger partial charge < -0.3 is 20.3 Å². The SMILES string of the molecule is CC(C)(C)OC(=O)C1CC2(CCCN2)C1.O=C(O)C(=O)O. The van der Waals surface area contributed by atoms with E-state index in [1.165, 1.54) is 12.8 Å². The number of carbonyl (C=O) groups is 3. The summed E-state index contributed by atoms with van der Waals surface area (Å²) < 4.78 is 5.38. The van der Waals surface area contributed by atoms with Crippen LogP contribution in [0.25, 0.3) is 0 Å². The number of carboxylic acid groups (broad SMARTS) is 2. The normalized spacial score (nSPS) is 27.3. The minimum Gasteiger partial charge on any atom is -0.473 e. The third-order valence-corrected chi connectivity index (χ3v) is 3.53. The summed E-state index contributed by atoms with van der Waals surface area (Å²) in [5.41, 5.74) is -0.0511. The van der Waals surface area contributed by atoms with Gasteiger partial charge in [-0.3, -0.25) is 4.79 Å². The molecule has 1 aliphatic heterocycles. The van der Waals surface area contributed by atoms with Gasteiger partial charge in [0.05, 0.1) is 5.92 Å². The number of nitrogens with one attached hydrogen (secondary N) is 1. The van der Waals surface area contributed by atoms with Gasteiger partial charge in [0.15, 0.2) is 0 Å². The van der Waals surface area contributed by atoms with Crippen LogP contribution in [-0.4, -0.2) is 45.8 Å². The zero-order chi connectivity index (χ0) is 16.3. The topological polar surface area (TPSA) is 113 Å². The number of rotatable bonds is 1. The second-order valence-electron chi connectivity index (χ2n) is 6.56. The van der Waals surface area contributed by atoms with Crippen molar-refractivity contribution in [2.45, 2.75) is 57.6 Å². The maximum absolute atomic E-state index is 11.7. The quantitative estimate of drug-likeness (QED) is 0.489. The molecule has 3 N–H and O–H groups in total. The van der Waals surface area contributed by atoms with Crippen molar-refractivity contribution < 1.29 is 29.3 Å². The summed E-state index contributed by atoms with van der Waals surface area (Å²) >= 11 is 0. The molecular formula is C14H23NO6. The van der Waals surface area contributed by atoms with Gasteiger partial charge in [0, 0.05) is 5.54 Å². The number of carbonyl (C=O) groups excluding carboxylic acids is 1. The predicted molar refractivity (Wildman–Crippen MR) is 73.8 cm³/mol. The van der Waals surface area contributed by atoms with E-state index in [9.17, 15) is 4.79 Å². The van der Waals surface area contributed by atoms with Crippen LogP contribution in [0.15, 0.2) is 0 Å². The van der Waals surface area contributed by atoms with Gasteiger partial charge in [0.2, 0.25) is 0 Å². The van der Waals surface area contributed by atoms with E-state index in [-0.39, 0.29) is 17.5 Å². The number of aliphatic carboxylic acids is 2. The highest BCUT2D eigenvalue weighted by molar-refractivity contribution is 6.27. The maximum Gasteiger partial charge on any atom is 0.414 e. The fraction of sp³-hybridized carbons (Fsp3) is 0.786. The molecule has 2 rings (SSSR count). The minimum absolute atomic E-state index is 0.0122. The highest BCUT2D eigenvalue weighted by Gasteiger charge is 2.49. The first-order chi connectivity index (χ1) is 9.55. The Morgan fingerprint density at radius 3 is 2.00 bits per heavy atom. The molecule has 0 unspecified atom stereocenters. The van der Waals surface area contributed by atoms with E-state index >= 15 is 0 Å². The molecular weight excluding hydrogens is 278 g/mol. The first kappa shape index (κ1) is 17.4. The van der Waals surface area contributed by atoms with Gasteiger partial charge in [-0.05, 0) is 53.0 Å². The van der Waals surface area contributed by atoms with Crippen molar-refractivity contribution in [1.29, 1.82) is 0 Å². The molecule has 2 aliphatic rings. The summed E-state index contributed by atoms with van der Waals surface area (Å²) in [7, 11) is 0. The Morgan fingerprint density at radius 1 is 1.14 bits per heavy atom. The lowest BCUT2D eigenvalue weighted by molar-refractivity contribution is -0.166. The van der Waals surface area contributed by atoms with Crippen LogP contribution in [0.4, 0.5) is 0 Å². The largest absolute Gasteiger partial charge is 0.473 e. The lowest BCUT2D eigenvalue weighted by Crippen LogP contribution is -2.54. The van der Waals surface area contributed by atoms with Crippen LogP contribution in [0.1, 0.15) is 46.5 Å². The average molecular weight is 301 g/mol. The van der Waals surface area contributed by atoms with E-state index in [2.05, 4.69) is 5.32 Å². The number of esters is 1. The van der Waals surface area contributed by atoms with Crippen LogP contribution in [0.2, 0.25) is 0 Å². The Hall–Kier alpha value is -1.63. The molecule has 2 fully saturated rings. The minimum atomic E-state index is -1.82. The number of ether oxygens (including phenoxy) is 1. The molecule has 120 valence electrons. The molecule has 0 aromatic carbocycles. The van der Waals surface area contributed by atoms with Crippen molar-refractivity contribution in [2.24, 2.45) is 5.92 Å². The van der Waals surface area contributed by atoms with E-state index in [1.54, 1.807) is 0 Å². The Balaban J connectivity index is 0.000000315. The summed E-state index contributed by atoms with van der Waals surface area (Å²) in [5, 5.41) is 18.3. The fourth-order valence-electron chi connectivity index (χ4n) is 2.65. The highest BCUT2D eigenvalue weighted by atomic mass is 16.6. The van der Waals surface area contributed by atoms with Crippen molar-refractivity contribution >= 4 is 17.9 Å². The molecule has 1 saturated heterocycles. The zero-order valence-corrected chi connectivity index (χ0v) is 12.6. The third kappa shape index (κ3) is 5.34. The molecule has 1 saturated carbocycles. The lowest BCUT2D eigenvalue weighted by atomic mass is 9.67. The summed E-state index contributed by atoms with van der Waals surface area (Å²) in [6.45, 7) is 6.88. The van der Waals surface area contributed by atoms with E-state index < -0.39 is 11.9 Å². The third-order valence-electron chi connectivity index (χ3n) is 3.53. The van der Waals surface area contributed by atoms with Gasteiger partial charge in [-0.15, -0.1) is 0 Å². The second-order valence-corrected chi connectivity index (χ2v) is 6.56. The average Bonchev–Trinajstić information content (AvgIpc) is 2.74. The first-order valence-corrected chi connectivity index (χ1v) is 6.99. The van der Waals surface area contributed by atoms with Crippen LogP contribution in [0.3, 0.4) is 0 Å². The van der Waals surface area contributed by atoms with Gasteiger partial charge in [0.1, 0.15) is 5.60 Å².